The molecule has 1 unspecified atom stereocenters. The fourth-order valence-corrected chi connectivity index (χ4v) is 5.04. The van der Waals surface area contributed by atoms with Crippen LogP contribution in [0.2, 0.25) is 0 Å². The lowest BCUT2D eigenvalue weighted by atomic mass is 9.91. The number of fused-ring (bicyclic) bond motifs is 1. The number of methoxy groups -OCH3 is 1. The van der Waals surface area contributed by atoms with Crippen LogP contribution in [0.25, 0.3) is 10.9 Å². The van der Waals surface area contributed by atoms with Gasteiger partial charge in [-0.15, -0.1) is 0 Å². The number of rotatable bonds is 10. The van der Waals surface area contributed by atoms with E-state index in [4.69, 9.17) is 19.6 Å². The summed E-state index contributed by atoms with van der Waals surface area (Å²) in [5.74, 6) is 1.51. The van der Waals surface area contributed by atoms with Crippen molar-refractivity contribution >= 4 is 34.1 Å². The number of carbonyl (C=O) groups excluding carboxylic acids is 2. The minimum Gasteiger partial charge on any atom is -0.494 e. The van der Waals surface area contributed by atoms with Crippen LogP contribution in [0.3, 0.4) is 0 Å². The Hall–Kier alpha value is -4.27. The molecule has 9 heteroatoms. The van der Waals surface area contributed by atoms with Crippen LogP contribution in [0.4, 0.5) is 0 Å². The Bertz CT molecular complexity index is 1460. The Morgan fingerprint density at radius 1 is 1.02 bits per heavy atom. The molecule has 1 aromatic heterocycles. The summed E-state index contributed by atoms with van der Waals surface area (Å²) in [6.07, 6.45) is 3.92. The lowest BCUT2D eigenvalue weighted by molar-refractivity contribution is -0.132. The van der Waals surface area contributed by atoms with E-state index in [1.165, 1.54) is 0 Å². The smallest absolute Gasteiger partial charge is 0.243 e. The lowest BCUT2D eigenvalue weighted by Gasteiger charge is -2.28. The number of benzene rings is 2. The van der Waals surface area contributed by atoms with Crippen LogP contribution in [-0.2, 0) is 16.0 Å². The number of hydrazone groups is 2. The van der Waals surface area contributed by atoms with E-state index in [1.54, 1.807) is 12.1 Å². The van der Waals surface area contributed by atoms with Crippen LogP contribution in [0.1, 0.15) is 62.8 Å². The molecule has 1 N–H and O–H groups in total. The molecule has 208 valence electrons. The molecule has 0 aliphatic carbocycles. The van der Waals surface area contributed by atoms with Gasteiger partial charge >= 0.3 is 0 Å². The van der Waals surface area contributed by atoms with Crippen molar-refractivity contribution in [3.63, 3.8) is 0 Å². The third kappa shape index (κ3) is 5.98. The first kappa shape index (κ1) is 27.3. The molecule has 5 rings (SSSR count). The molecule has 2 amide bonds. The Morgan fingerprint density at radius 3 is 2.58 bits per heavy atom. The van der Waals surface area contributed by atoms with Crippen molar-refractivity contribution in [1.29, 1.82) is 0 Å². The number of hydrogen-bond donors (Lipinski definition) is 1. The number of nitrogens with one attached hydrogen (secondary N) is 1. The van der Waals surface area contributed by atoms with Crippen molar-refractivity contribution in [3.8, 4) is 11.5 Å². The fourth-order valence-electron chi connectivity index (χ4n) is 5.04. The maximum atomic E-state index is 12.8. The van der Waals surface area contributed by atoms with E-state index in [-0.39, 0.29) is 17.7 Å². The highest BCUT2D eigenvalue weighted by Gasteiger charge is 2.28. The standard InChI is InChI=1S/C31H35N5O4/c1-4-22-9-12-25-24(13-15-27(39-3)31(25)32-22)30-20(2)19-29(38)36(35-30)17-5-6-18-40-23-10-7-21(8-11-23)26-14-16-28(37)34-33-26/h7-13,15,20H,4-6,14,16-19H2,1-3H3,(H,34,37). The zero-order chi connectivity index (χ0) is 28.1. The summed E-state index contributed by atoms with van der Waals surface area (Å²) in [7, 11) is 1.66. The molecule has 0 radical (unpaired) electrons. The minimum absolute atomic E-state index is 0.00773. The highest BCUT2D eigenvalue weighted by molar-refractivity contribution is 6.14. The highest BCUT2D eigenvalue weighted by Crippen LogP contribution is 2.31. The van der Waals surface area contributed by atoms with Gasteiger partial charge in [-0.1, -0.05) is 19.9 Å². The maximum absolute atomic E-state index is 12.8. The Morgan fingerprint density at radius 2 is 1.85 bits per heavy atom. The first-order valence-corrected chi connectivity index (χ1v) is 13.9. The molecular formula is C31H35N5O4. The summed E-state index contributed by atoms with van der Waals surface area (Å²) in [5.41, 5.74) is 8.09. The summed E-state index contributed by atoms with van der Waals surface area (Å²) in [6.45, 7) is 5.21. The molecule has 3 aromatic rings. The molecule has 0 saturated heterocycles. The quantitative estimate of drug-likeness (QED) is 0.370. The van der Waals surface area contributed by atoms with Crippen molar-refractivity contribution in [2.45, 2.75) is 52.4 Å². The zero-order valence-electron chi connectivity index (χ0n) is 23.3. The van der Waals surface area contributed by atoms with Crippen LogP contribution in [-0.4, -0.2) is 53.5 Å². The van der Waals surface area contributed by atoms with E-state index in [2.05, 4.69) is 23.5 Å². The van der Waals surface area contributed by atoms with E-state index >= 15 is 0 Å². The van der Waals surface area contributed by atoms with Gasteiger partial charge in [-0.05, 0) is 67.3 Å². The van der Waals surface area contributed by atoms with Crippen molar-refractivity contribution in [1.82, 2.24) is 15.4 Å². The van der Waals surface area contributed by atoms with Gasteiger partial charge in [-0.25, -0.2) is 15.4 Å². The summed E-state index contributed by atoms with van der Waals surface area (Å²) < 4.78 is 11.5. The molecular weight excluding hydrogens is 506 g/mol. The first-order chi connectivity index (χ1) is 19.5. The zero-order valence-corrected chi connectivity index (χ0v) is 23.3. The van der Waals surface area contributed by atoms with Gasteiger partial charge in [0.2, 0.25) is 11.8 Å². The van der Waals surface area contributed by atoms with Gasteiger partial charge in [-0.2, -0.15) is 10.2 Å². The monoisotopic (exact) mass is 541 g/mol. The molecule has 0 fully saturated rings. The van der Waals surface area contributed by atoms with Crippen LogP contribution >= 0.6 is 0 Å². The molecule has 2 aliphatic heterocycles. The summed E-state index contributed by atoms with van der Waals surface area (Å²) in [4.78, 5) is 28.9. The fraction of sp³-hybridized carbons (Fsp3) is 0.387. The normalized spacial score (nSPS) is 17.4. The van der Waals surface area contributed by atoms with E-state index in [0.29, 0.717) is 32.4 Å². The van der Waals surface area contributed by atoms with Crippen molar-refractivity contribution < 1.29 is 19.1 Å². The second kappa shape index (κ2) is 12.3. The number of carbonyl (C=O) groups is 2. The third-order valence-corrected chi connectivity index (χ3v) is 7.32. The minimum atomic E-state index is -0.0524. The van der Waals surface area contributed by atoms with Crippen molar-refractivity contribution in [2.75, 3.05) is 20.3 Å². The van der Waals surface area contributed by atoms with Crippen molar-refractivity contribution in [3.05, 3.63) is 65.4 Å². The Balaban J connectivity index is 1.20. The number of amides is 2. The second-order valence-corrected chi connectivity index (χ2v) is 10.1. The van der Waals surface area contributed by atoms with Gasteiger partial charge in [-0.3, -0.25) is 9.59 Å². The molecule has 40 heavy (non-hydrogen) atoms. The Kier molecular flexibility index (Phi) is 8.38. The number of unbranched alkanes of at least 4 members (excludes halogenated alkanes) is 1. The predicted octanol–water partition coefficient (Wildman–Crippen LogP) is 4.85. The van der Waals surface area contributed by atoms with E-state index < -0.39 is 0 Å². The van der Waals surface area contributed by atoms with Gasteiger partial charge < -0.3 is 9.47 Å². The van der Waals surface area contributed by atoms with Crippen LogP contribution in [0.5, 0.6) is 11.5 Å². The molecule has 9 nitrogen and oxygen atoms in total. The predicted molar refractivity (Wildman–Crippen MR) is 155 cm³/mol. The van der Waals surface area contributed by atoms with Crippen molar-refractivity contribution in [2.24, 2.45) is 16.1 Å². The van der Waals surface area contributed by atoms with Crippen LogP contribution in [0, 0.1) is 5.92 Å². The molecule has 2 aliphatic rings. The number of nitrogens with zero attached hydrogens (tertiary/aromatic N) is 4. The molecule has 0 spiro atoms. The van der Waals surface area contributed by atoms with Gasteiger partial charge in [0.25, 0.3) is 0 Å². The average Bonchev–Trinajstić information content (AvgIpc) is 2.98. The van der Waals surface area contributed by atoms with E-state index in [0.717, 1.165) is 69.9 Å². The maximum Gasteiger partial charge on any atom is 0.243 e. The SMILES string of the molecule is CCc1ccc2c(C3=NN(CCCCOc4ccc(C5=NNC(=O)CC5)cc4)C(=O)CC3C)ccc(OC)c2n1. The van der Waals surface area contributed by atoms with E-state index in [9.17, 15) is 9.59 Å². The Labute approximate surface area is 234 Å². The van der Waals surface area contributed by atoms with Crippen LogP contribution < -0.4 is 14.9 Å². The topological polar surface area (TPSA) is 105 Å². The lowest BCUT2D eigenvalue weighted by Crippen LogP contribution is -2.37. The highest BCUT2D eigenvalue weighted by atomic mass is 16.5. The number of aromatic nitrogens is 1. The van der Waals surface area contributed by atoms with Gasteiger partial charge in [0.1, 0.15) is 17.0 Å². The molecule has 3 heterocycles. The number of aryl methyl sites for hydroxylation is 1. The molecule has 0 saturated carbocycles. The largest absolute Gasteiger partial charge is 0.494 e. The molecule has 0 bridgehead atoms. The molecule has 2 aromatic carbocycles. The second-order valence-electron chi connectivity index (χ2n) is 10.1. The van der Waals surface area contributed by atoms with Gasteiger partial charge in [0, 0.05) is 48.4 Å². The van der Waals surface area contributed by atoms with Gasteiger partial charge in [0.05, 0.1) is 25.1 Å². The average molecular weight is 542 g/mol. The first-order valence-electron chi connectivity index (χ1n) is 13.9. The number of ether oxygens (including phenoxy) is 2. The summed E-state index contributed by atoms with van der Waals surface area (Å²) in [6, 6.07) is 15.8. The number of pyridine rings is 1. The summed E-state index contributed by atoms with van der Waals surface area (Å²) in [5, 5.41) is 11.6. The van der Waals surface area contributed by atoms with Gasteiger partial charge in [0.15, 0.2) is 0 Å². The van der Waals surface area contributed by atoms with Crippen LogP contribution in [0.15, 0.2) is 58.7 Å². The molecule has 1 atom stereocenters. The summed E-state index contributed by atoms with van der Waals surface area (Å²) >= 11 is 0. The third-order valence-electron chi connectivity index (χ3n) is 7.32. The van der Waals surface area contributed by atoms with E-state index in [1.807, 2.05) is 49.4 Å². The number of hydrogen-bond acceptors (Lipinski definition) is 7.